The number of carboxylic acid groups (broad SMARTS) is 1. The van der Waals surface area contributed by atoms with E-state index < -0.39 is 12.6 Å². The lowest BCUT2D eigenvalue weighted by molar-refractivity contribution is -0.139. The van der Waals surface area contributed by atoms with E-state index in [2.05, 4.69) is 6.58 Å². The Balaban J connectivity index is 3.07. The van der Waals surface area contributed by atoms with Crippen LogP contribution in [0.5, 0.6) is 5.75 Å². The van der Waals surface area contributed by atoms with Gasteiger partial charge in [0.05, 0.1) is 5.56 Å². The van der Waals surface area contributed by atoms with Crippen LogP contribution in [0.1, 0.15) is 23.7 Å². The number of Topliss-reactive ketones (excluding diaryl/α,β-unsaturated/α-hetero) is 1. The molecule has 0 fully saturated rings. The van der Waals surface area contributed by atoms with Crippen LogP contribution in [0, 0.1) is 0 Å². The van der Waals surface area contributed by atoms with Crippen molar-refractivity contribution in [3.8, 4) is 5.75 Å². The van der Waals surface area contributed by atoms with Gasteiger partial charge in [0.25, 0.3) is 0 Å². The zero-order valence-corrected chi connectivity index (χ0v) is 10.7. The van der Waals surface area contributed by atoms with Gasteiger partial charge in [-0.05, 0) is 30.2 Å². The Bertz CT molecular complexity index is 494. The highest BCUT2D eigenvalue weighted by atomic mass is 35.5. The van der Waals surface area contributed by atoms with Crippen LogP contribution in [0.15, 0.2) is 30.4 Å². The molecular weight excluding hydrogens is 256 g/mol. The summed E-state index contributed by atoms with van der Waals surface area (Å²) in [6.07, 6.45) is 0.504. The van der Waals surface area contributed by atoms with Crippen molar-refractivity contribution in [3.63, 3.8) is 0 Å². The molecule has 0 aliphatic carbocycles. The smallest absolute Gasteiger partial charge is 0.341 e. The Kier molecular flexibility index (Phi) is 4.92. The summed E-state index contributed by atoms with van der Waals surface area (Å²) in [6, 6.07) is 4.45. The third-order valence-corrected chi connectivity index (χ3v) is 2.52. The molecule has 1 N–H and O–H groups in total. The average molecular weight is 269 g/mol. The standard InChI is InChI=1S/C13H13ClO4/c1-3-8(2)13(17)10-6-9(14)4-5-11(10)18-7-12(15)16/h4-6H,2-3,7H2,1H3,(H,15,16). The van der Waals surface area contributed by atoms with Crippen molar-refractivity contribution in [1.29, 1.82) is 0 Å². The maximum atomic E-state index is 12.0. The van der Waals surface area contributed by atoms with Crippen molar-refractivity contribution in [2.75, 3.05) is 6.61 Å². The van der Waals surface area contributed by atoms with Crippen molar-refractivity contribution < 1.29 is 19.4 Å². The van der Waals surface area contributed by atoms with Gasteiger partial charge in [0.1, 0.15) is 5.75 Å². The van der Waals surface area contributed by atoms with Crippen LogP contribution >= 0.6 is 11.6 Å². The molecule has 1 aromatic rings. The average Bonchev–Trinajstić information content (AvgIpc) is 2.35. The van der Waals surface area contributed by atoms with Gasteiger partial charge in [-0.1, -0.05) is 25.1 Å². The second-order valence-corrected chi connectivity index (χ2v) is 4.05. The molecule has 0 radical (unpaired) electrons. The third kappa shape index (κ3) is 3.60. The van der Waals surface area contributed by atoms with E-state index in [0.717, 1.165) is 0 Å². The molecule has 0 saturated carbocycles. The van der Waals surface area contributed by atoms with E-state index in [9.17, 15) is 9.59 Å². The van der Waals surface area contributed by atoms with Crippen molar-refractivity contribution in [3.05, 3.63) is 40.9 Å². The van der Waals surface area contributed by atoms with Crippen LogP contribution in [0.4, 0.5) is 0 Å². The zero-order chi connectivity index (χ0) is 13.7. The molecule has 0 unspecified atom stereocenters. The lowest BCUT2D eigenvalue weighted by Gasteiger charge is -2.10. The van der Waals surface area contributed by atoms with Gasteiger partial charge in [0.15, 0.2) is 12.4 Å². The Morgan fingerprint density at radius 3 is 2.67 bits per heavy atom. The summed E-state index contributed by atoms with van der Waals surface area (Å²) >= 11 is 5.82. The van der Waals surface area contributed by atoms with Gasteiger partial charge in [-0.3, -0.25) is 4.79 Å². The molecule has 0 atom stereocenters. The minimum atomic E-state index is -1.11. The Morgan fingerprint density at radius 1 is 1.44 bits per heavy atom. The molecule has 0 spiro atoms. The molecule has 0 amide bonds. The quantitative estimate of drug-likeness (QED) is 0.636. The van der Waals surface area contributed by atoms with Gasteiger partial charge in [-0.2, -0.15) is 0 Å². The molecule has 0 saturated heterocycles. The fourth-order valence-electron chi connectivity index (χ4n) is 1.30. The minimum Gasteiger partial charge on any atom is -0.481 e. The molecule has 0 aromatic heterocycles. The zero-order valence-electron chi connectivity index (χ0n) is 9.90. The number of carbonyl (C=O) groups excluding carboxylic acids is 1. The first kappa shape index (κ1) is 14.3. The number of rotatable bonds is 6. The first-order valence-electron chi connectivity index (χ1n) is 5.32. The molecule has 0 heterocycles. The molecule has 1 rings (SSSR count). The second kappa shape index (κ2) is 6.21. The summed E-state index contributed by atoms with van der Waals surface area (Å²) in [5.74, 6) is -1.21. The second-order valence-electron chi connectivity index (χ2n) is 3.61. The summed E-state index contributed by atoms with van der Waals surface area (Å²) in [5, 5.41) is 8.94. The molecule has 0 bridgehead atoms. The predicted octanol–water partition coefficient (Wildman–Crippen LogP) is 2.95. The van der Waals surface area contributed by atoms with Crippen LogP contribution in [-0.4, -0.2) is 23.5 Å². The predicted molar refractivity (Wildman–Crippen MR) is 68.3 cm³/mol. The summed E-state index contributed by atoms with van der Waals surface area (Å²) in [5.41, 5.74) is 0.646. The highest BCUT2D eigenvalue weighted by Crippen LogP contribution is 2.25. The summed E-state index contributed by atoms with van der Waals surface area (Å²) in [7, 11) is 0. The lowest BCUT2D eigenvalue weighted by atomic mass is 10.0. The van der Waals surface area contributed by atoms with Gasteiger partial charge in [-0.25, -0.2) is 4.79 Å². The SMILES string of the molecule is C=C(CC)C(=O)c1cc(Cl)ccc1OCC(=O)O. The molecule has 5 heteroatoms. The third-order valence-electron chi connectivity index (χ3n) is 2.29. The molecular formula is C13H13ClO4. The number of aliphatic carboxylic acids is 1. The van der Waals surface area contributed by atoms with Crippen LogP contribution in [0.25, 0.3) is 0 Å². The van der Waals surface area contributed by atoms with E-state index in [-0.39, 0.29) is 17.1 Å². The summed E-state index contributed by atoms with van der Waals surface area (Å²) in [4.78, 5) is 22.5. The number of allylic oxidation sites excluding steroid dienone is 1. The number of ether oxygens (including phenoxy) is 1. The number of benzene rings is 1. The van der Waals surface area contributed by atoms with Crippen LogP contribution < -0.4 is 4.74 Å². The topological polar surface area (TPSA) is 63.6 Å². The van der Waals surface area contributed by atoms with E-state index in [4.69, 9.17) is 21.4 Å². The number of hydrogen-bond acceptors (Lipinski definition) is 3. The maximum Gasteiger partial charge on any atom is 0.341 e. The van der Waals surface area contributed by atoms with Crippen molar-refractivity contribution in [1.82, 2.24) is 0 Å². The van der Waals surface area contributed by atoms with Crippen molar-refractivity contribution in [2.45, 2.75) is 13.3 Å². The first-order chi connectivity index (χ1) is 8.45. The van der Waals surface area contributed by atoms with Crippen LogP contribution in [0.2, 0.25) is 5.02 Å². The number of carboxylic acids is 1. The normalized spacial score (nSPS) is 9.89. The van der Waals surface area contributed by atoms with Gasteiger partial charge in [-0.15, -0.1) is 0 Å². The first-order valence-corrected chi connectivity index (χ1v) is 5.70. The molecule has 4 nitrogen and oxygen atoms in total. The monoisotopic (exact) mass is 268 g/mol. The summed E-state index contributed by atoms with van der Waals surface area (Å²) in [6.45, 7) is 4.95. The fourth-order valence-corrected chi connectivity index (χ4v) is 1.47. The number of carbonyl (C=O) groups is 2. The number of halogens is 1. The fraction of sp³-hybridized carbons (Fsp3) is 0.231. The van der Waals surface area contributed by atoms with E-state index in [1.807, 2.05) is 6.92 Å². The molecule has 0 aliphatic rings. The van der Waals surface area contributed by atoms with Crippen LogP contribution in [-0.2, 0) is 4.79 Å². The van der Waals surface area contributed by atoms with Gasteiger partial charge >= 0.3 is 5.97 Å². The highest BCUT2D eigenvalue weighted by Gasteiger charge is 2.16. The van der Waals surface area contributed by atoms with Crippen molar-refractivity contribution in [2.24, 2.45) is 0 Å². The van der Waals surface area contributed by atoms with Gasteiger partial charge in [0, 0.05) is 5.02 Å². The largest absolute Gasteiger partial charge is 0.481 e. The number of ketones is 1. The number of hydrogen-bond donors (Lipinski definition) is 1. The Hall–Kier alpha value is -1.81. The minimum absolute atomic E-state index is 0.196. The van der Waals surface area contributed by atoms with Crippen LogP contribution in [0.3, 0.4) is 0 Å². The van der Waals surface area contributed by atoms with Gasteiger partial charge in [0.2, 0.25) is 0 Å². The van der Waals surface area contributed by atoms with Gasteiger partial charge < -0.3 is 9.84 Å². The van der Waals surface area contributed by atoms with Crippen molar-refractivity contribution >= 4 is 23.4 Å². The molecule has 96 valence electrons. The van der Waals surface area contributed by atoms with E-state index in [1.165, 1.54) is 18.2 Å². The molecule has 1 aromatic carbocycles. The Morgan fingerprint density at radius 2 is 2.11 bits per heavy atom. The van der Waals surface area contributed by atoms with E-state index in [0.29, 0.717) is 17.0 Å². The Labute approximate surface area is 110 Å². The lowest BCUT2D eigenvalue weighted by Crippen LogP contribution is -2.12. The maximum absolute atomic E-state index is 12.0. The van der Waals surface area contributed by atoms with E-state index >= 15 is 0 Å². The highest BCUT2D eigenvalue weighted by molar-refractivity contribution is 6.31. The molecule has 0 aliphatic heterocycles. The van der Waals surface area contributed by atoms with E-state index in [1.54, 1.807) is 0 Å². The molecule has 18 heavy (non-hydrogen) atoms. The summed E-state index contributed by atoms with van der Waals surface area (Å²) < 4.78 is 5.05.